The van der Waals surface area contributed by atoms with Crippen molar-refractivity contribution in [3.8, 4) is 11.1 Å². The van der Waals surface area contributed by atoms with Crippen LogP contribution in [0.15, 0.2) is 48.5 Å². The quantitative estimate of drug-likeness (QED) is 0.577. The number of benzene rings is 2. The molecule has 0 saturated carbocycles. The fourth-order valence-corrected chi connectivity index (χ4v) is 3.76. The second-order valence-electron chi connectivity index (χ2n) is 6.36. The van der Waals surface area contributed by atoms with Crippen LogP contribution in [-0.4, -0.2) is 31.0 Å². The summed E-state index contributed by atoms with van der Waals surface area (Å²) in [5, 5.41) is 7.59. The van der Waals surface area contributed by atoms with Crippen molar-refractivity contribution in [3.63, 3.8) is 0 Å². The number of hydrogen-bond donors (Lipinski definition) is 1. The van der Waals surface area contributed by atoms with Gasteiger partial charge in [-0.25, -0.2) is 0 Å². The predicted molar refractivity (Wildman–Crippen MR) is 107 cm³/mol. The van der Waals surface area contributed by atoms with Gasteiger partial charge in [0, 0.05) is 23.4 Å². The number of aryl methyl sites for hydroxylation is 1. The minimum absolute atomic E-state index is 0.116. The van der Waals surface area contributed by atoms with Crippen LogP contribution in [0.5, 0.6) is 0 Å². The minimum atomic E-state index is -0.116. The van der Waals surface area contributed by atoms with Gasteiger partial charge in [0.25, 0.3) is 5.91 Å². The molecule has 0 fully saturated rings. The second kappa shape index (κ2) is 7.28. The van der Waals surface area contributed by atoms with Gasteiger partial charge in [0.1, 0.15) is 11.0 Å². The van der Waals surface area contributed by atoms with Crippen LogP contribution in [0, 0.1) is 13.8 Å². The molecule has 0 bridgehead atoms. The lowest BCUT2D eigenvalue weighted by Gasteiger charge is -2.08. The Morgan fingerprint density at radius 3 is 2.67 bits per heavy atom. The summed E-state index contributed by atoms with van der Waals surface area (Å²) in [6.07, 6.45) is 0. The third-order valence-electron chi connectivity index (χ3n) is 4.57. The van der Waals surface area contributed by atoms with Gasteiger partial charge in [-0.15, -0.1) is 0 Å². The Bertz CT molecular complexity index is 1100. The summed E-state index contributed by atoms with van der Waals surface area (Å²) < 4.78 is 10.3. The predicted octanol–water partition coefficient (Wildman–Crippen LogP) is 3.60. The third kappa shape index (κ3) is 3.46. The molecule has 1 amide bonds. The Kier molecular flexibility index (Phi) is 4.68. The van der Waals surface area contributed by atoms with Gasteiger partial charge in [-0.05, 0) is 37.6 Å². The molecule has 0 spiro atoms. The Balaban J connectivity index is 1.44. The van der Waals surface area contributed by atoms with Gasteiger partial charge in [-0.3, -0.25) is 9.48 Å². The first-order valence-electron chi connectivity index (χ1n) is 8.73. The lowest BCUT2D eigenvalue weighted by Crippen LogP contribution is -2.27. The van der Waals surface area contributed by atoms with Crippen molar-refractivity contribution in [1.29, 1.82) is 0 Å². The molecule has 136 valence electrons. The van der Waals surface area contributed by atoms with Crippen molar-refractivity contribution in [2.75, 3.05) is 6.54 Å². The average molecular weight is 377 g/mol. The van der Waals surface area contributed by atoms with E-state index in [1.54, 1.807) is 12.1 Å². The number of rotatable bonds is 5. The van der Waals surface area contributed by atoms with E-state index in [4.69, 9.17) is 0 Å². The Labute approximate surface area is 161 Å². The van der Waals surface area contributed by atoms with Gasteiger partial charge < -0.3 is 5.32 Å². The molecule has 0 unspecified atom stereocenters. The maximum atomic E-state index is 12.4. The highest BCUT2D eigenvalue weighted by atomic mass is 32.1. The lowest BCUT2D eigenvalue weighted by atomic mass is 10.0. The van der Waals surface area contributed by atoms with E-state index in [2.05, 4.69) is 38.2 Å². The van der Waals surface area contributed by atoms with E-state index >= 15 is 0 Å². The van der Waals surface area contributed by atoms with Gasteiger partial charge in [0.05, 0.1) is 24.0 Å². The van der Waals surface area contributed by atoms with Gasteiger partial charge >= 0.3 is 0 Å². The zero-order valence-corrected chi connectivity index (χ0v) is 16.0. The van der Waals surface area contributed by atoms with Crippen LogP contribution in [0.25, 0.3) is 22.2 Å². The summed E-state index contributed by atoms with van der Waals surface area (Å²) in [5.74, 6) is -0.116. The van der Waals surface area contributed by atoms with Crippen molar-refractivity contribution in [1.82, 2.24) is 23.8 Å². The van der Waals surface area contributed by atoms with Crippen LogP contribution in [0.1, 0.15) is 21.7 Å². The highest BCUT2D eigenvalue weighted by Gasteiger charge is 2.13. The van der Waals surface area contributed by atoms with E-state index in [0.717, 1.165) is 45.3 Å². The molecule has 6 nitrogen and oxygen atoms in total. The zero-order valence-electron chi connectivity index (χ0n) is 15.1. The van der Waals surface area contributed by atoms with Gasteiger partial charge in [-0.2, -0.15) is 13.8 Å². The molecule has 7 heteroatoms. The molecule has 4 rings (SSSR count). The largest absolute Gasteiger partial charge is 0.350 e. The van der Waals surface area contributed by atoms with Crippen LogP contribution in [0.2, 0.25) is 0 Å². The van der Waals surface area contributed by atoms with Crippen molar-refractivity contribution in [2.45, 2.75) is 20.4 Å². The maximum Gasteiger partial charge on any atom is 0.251 e. The van der Waals surface area contributed by atoms with E-state index in [-0.39, 0.29) is 5.91 Å². The minimum Gasteiger partial charge on any atom is -0.350 e. The molecule has 2 aromatic heterocycles. The first-order chi connectivity index (χ1) is 13.1. The van der Waals surface area contributed by atoms with Gasteiger partial charge in [0.2, 0.25) is 0 Å². The summed E-state index contributed by atoms with van der Waals surface area (Å²) in [5.41, 5.74) is 6.56. The number of hydrogen-bond acceptors (Lipinski definition) is 5. The molecule has 0 aliphatic rings. The monoisotopic (exact) mass is 377 g/mol. The first-order valence-corrected chi connectivity index (χ1v) is 9.46. The van der Waals surface area contributed by atoms with Crippen LogP contribution >= 0.6 is 11.7 Å². The molecule has 0 aliphatic heterocycles. The second-order valence-corrected chi connectivity index (χ2v) is 6.89. The molecule has 0 aliphatic carbocycles. The zero-order chi connectivity index (χ0) is 18.8. The first kappa shape index (κ1) is 17.4. The van der Waals surface area contributed by atoms with E-state index in [9.17, 15) is 4.79 Å². The molecule has 2 heterocycles. The number of carbonyl (C=O) groups is 1. The normalized spacial score (nSPS) is 11.0. The third-order valence-corrected chi connectivity index (χ3v) is 5.13. The van der Waals surface area contributed by atoms with Crippen LogP contribution in [0.3, 0.4) is 0 Å². The number of aromatic nitrogens is 4. The summed E-state index contributed by atoms with van der Waals surface area (Å²) in [4.78, 5) is 12.4. The van der Waals surface area contributed by atoms with Crippen molar-refractivity contribution in [3.05, 3.63) is 65.5 Å². The molecule has 2 aromatic carbocycles. The average Bonchev–Trinajstić information content (AvgIpc) is 3.26. The van der Waals surface area contributed by atoms with Crippen molar-refractivity contribution >= 4 is 28.7 Å². The fourth-order valence-electron chi connectivity index (χ4n) is 3.24. The van der Waals surface area contributed by atoms with E-state index in [1.807, 2.05) is 35.9 Å². The Morgan fingerprint density at radius 2 is 1.85 bits per heavy atom. The summed E-state index contributed by atoms with van der Waals surface area (Å²) >= 11 is 1.15. The molecule has 4 aromatic rings. The smallest absolute Gasteiger partial charge is 0.251 e. The van der Waals surface area contributed by atoms with Crippen molar-refractivity contribution in [2.24, 2.45) is 0 Å². The number of carbonyl (C=O) groups excluding carboxylic acids is 1. The number of amides is 1. The molecule has 0 radical (unpaired) electrons. The summed E-state index contributed by atoms with van der Waals surface area (Å²) in [7, 11) is 0. The van der Waals surface area contributed by atoms with Crippen LogP contribution in [-0.2, 0) is 6.54 Å². The SMILES string of the molecule is Cc1nn(CCNC(=O)c2ccc3nsnc3c2)c(C)c1-c1ccccc1. The van der Waals surface area contributed by atoms with Crippen molar-refractivity contribution < 1.29 is 4.79 Å². The highest BCUT2D eigenvalue weighted by Crippen LogP contribution is 2.26. The summed E-state index contributed by atoms with van der Waals surface area (Å²) in [6.45, 7) is 5.20. The van der Waals surface area contributed by atoms with Crippen LogP contribution < -0.4 is 5.32 Å². The summed E-state index contributed by atoms with van der Waals surface area (Å²) in [6, 6.07) is 15.6. The molecule has 27 heavy (non-hydrogen) atoms. The van der Waals surface area contributed by atoms with E-state index < -0.39 is 0 Å². The molecular weight excluding hydrogens is 358 g/mol. The number of nitrogens with one attached hydrogen (secondary N) is 1. The number of fused-ring (bicyclic) bond motifs is 1. The topological polar surface area (TPSA) is 72.7 Å². The van der Waals surface area contributed by atoms with Gasteiger partial charge in [0.15, 0.2) is 0 Å². The lowest BCUT2D eigenvalue weighted by molar-refractivity contribution is 0.0952. The Morgan fingerprint density at radius 1 is 1.07 bits per heavy atom. The van der Waals surface area contributed by atoms with E-state index in [0.29, 0.717) is 18.7 Å². The molecule has 0 atom stereocenters. The molecule has 1 N–H and O–H groups in total. The highest BCUT2D eigenvalue weighted by molar-refractivity contribution is 7.00. The van der Waals surface area contributed by atoms with Gasteiger partial charge in [-0.1, -0.05) is 30.3 Å². The molecule has 0 saturated heterocycles. The van der Waals surface area contributed by atoms with Crippen LogP contribution in [0.4, 0.5) is 0 Å². The molecular formula is C20H19N5OS. The number of nitrogens with zero attached hydrogens (tertiary/aromatic N) is 4. The van der Waals surface area contributed by atoms with E-state index in [1.165, 1.54) is 0 Å². The maximum absolute atomic E-state index is 12.4. The standard InChI is InChI=1S/C20H19N5OS/c1-13-19(15-6-4-3-5-7-15)14(2)25(22-13)11-10-21-20(26)16-8-9-17-18(12-16)24-27-23-17/h3-9,12H,10-11H2,1-2H3,(H,21,26). The Hall–Kier alpha value is -3.06. The fraction of sp³-hybridized carbons (Fsp3) is 0.200.